The summed E-state index contributed by atoms with van der Waals surface area (Å²) in [4.78, 5) is 38.1. The lowest BCUT2D eigenvalue weighted by molar-refractivity contribution is -0.137. The van der Waals surface area contributed by atoms with E-state index in [9.17, 15) is 22.8 Å². The first-order valence-corrected chi connectivity index (χ1v) is 10.5. The van der Waals surface area contributed by atoms with Crippen LogP contribution in [0.2, 0.25) is 0 Å². The first-order valence-electron chi connectivity index (χ1n) is 9.74. The third-order valence-corrected chi connectivity index (χ3v) is 5.91. The Morgan fingerprint density at radius 3 is 2.62 bits per heavy atom. The highest BCUT2D eigenvalue weighted by molar-refractivity contribution is 7.09. The quantitative estimate of drug-likeness (QED) is 0.555. The van der Waals surface area contributed by atoms with E-state index in [1.54, 1.807) is 24.2 Å². The molecule has 10 nitrogen and oxygen atoms in total. The van der Waals surface area contributed by atoms with E-state index < -0.39 is 23.2 Å². The van der Waals surface area contributed by atoms with Crippen LogP contribution in [0.4, 0.5) is 40.3 Å². The van der Waals surface area contributed by atoms with Crippen LogP contribution in [0.15, 0.2) is 24.5 Å². The Bertz CT molecular complexity index is 1290. The lowest BCUT2D eigenvalue weighted by atomic mass is 9.86. The number of pyridine rings is 2. The number of carbonyl (C=O) groups excluding carboxylic acids is 2. The van der Waals surface area contributed by atoms with Crippen molar-refractivity contribution in [1.29, 1.82) is 0 Å². The molecule has 0 unspecified atom stereocenters. The van der Waals surface area contributed by atoms with Gasteiger partial charge >= 0.3 is 12.3 Å². The van der Waals surface area contributed by atoms with Gasteiger partial charge in [-0.25, -0.2) is 9.78 Å². The summed E-state index contributed by atoms with van der Waals surface area (Å²) in [5.74, 6) is 0.105. The zero-order valence-corrected chi connectivity index (χ0v) is 19.1. The van der Waals surface area contributed by atoms with Crippen LogP contribution in [0.1, 0.15) is 25.0 Å². The topological polar surface area (TPSA) is 122 Å². The summed E-state index contributed by atoms with van der Waals surface area (Å²) in [5, 5.41) is 5.16. The molecule has 14 heteroatoms. The van der Waals surface area contributed by atoms with Crippen molar-refractivity contribution in [2.45, 2.75) is 25.4 Å². The van der Waals surface area contributed by atoms with Crippen molar-refractivity contribution in [2.24, 2.45) is 0 Å². The minimum atomic E-state index is -4.66. The van der Waals surface area contributed by atoms with E-state index in [0.717, 1.165) is 30.3 Å². The minimum absolute atomic E-state index is 0.0611. The Morgan fingerprint density at radius 1 is 1.21 bits per heavy atom. The second-order valence-electron chi connectivity index (χ2n) is 7.86. The van der Waals surface area contributed by atoms with Crippen LogP contribution >= 0.6 is 11.5 Å². The molecule has 0 atom stereocenters. The predicted octanol–water partition coefficient (Wildman–Crippen LogP) is 4.19. The number of carbonyl (C=O) groups is 2. The standard InChI is InChI=1S/C20H18F3N7O3S/c1-19(2)10-6-11(24-8-13(10)30(3)16(19)31)15-28-17(34-29-15)27-14-12(26-18(32)33-4)5-9(7-25-14)20(21,22)23/h5-8H,1-4H3,(H,26,32)(H,25,27,28,29). The number of halogens is 3. The number of ether oxygens (including phenoxy) is 1. The number of anilines is 4. The van der Waals surface area contributed by atoms with Crippen LogP contribution < -0.4 is 15.5 Å². The predicted molar refractivity (Wildman–Crippen MR) is 118 cm³/mol. The molecule has 1 aliphatic heterocycles. The van der Waals surface area contributed by atoms with Crippen molar-refractivity contribution in [3.8, 4) is 11.5 Å². The Morgan fingerprint density at radius 2 is 1.94 bits per heavy atom. The van der Waals surface area contributed by atoms with Gasteiger partial charge in [-0.15, -0.1) is 0 Å². The molecule has 34 heavy (non-hydrogen) atoms. The van der Waals surface area contributed by atoms with Crippen molar-refractivity contribution >= 4 is 45.9 Å². The first kappa shape index (κ1) is 23.4. The number of rotatable bonds is 4. The van der Waals surface area contributed by atoms with Gasteiger partial charge in [-0.05, 0) is 31.5 Å². The van der Waals surface area contributed by atoms with Crippen molar-refractivity contribution < 1.29 is 27.5 Å². The number of hydrogen-bond acceptors (Lipinski definition) is 9. The van der Waals surface area contributed by atoms with Crippen molar-refractivity contribution in [3.05, 3.63) is 35.7 Å². The highest BCUT2D eigenvalue weighted by Gasteiger charge is 2.42. The average molecular weight is 493 g/mol. The molecule has 2 N–H and O–H groups in total. The van der Waals surface area contributed by atoms with E-state index in [4.69, 9.17) is 0 Å². The summed E-state index contributed by atoms with van der Waals surface area (Å²) in [6.45, 7) is 3.63. The molecule has 0 bridgehead atoms. The fourth-order valence-electron chi connectivity index (χ4n) is 3.44. The van der Waals surface area contributed by atoms with Crippen molar-refractivity contribution in [1.82, 2.24) is 19.3 Å². The van der Waals surface area contributed by atoms with Gasteiger partial charge in [-0.2, -0.15) is 22.5 Å². The molecule has 3 aromatic heterocycles. The fraction of sp³-hybridized carbons (Fsp3) is 0.300. The molecular formula is C20H18F3N7O3S. The monoisotopic (exact) mass is 493 g/mol. The molecule has 0 aliphatic carbocycles. The van der Waals surface area contributed by atoms with Crippen molar-refractivity contribution in [2.75, 3.05) is 29.7 Å². The van der Waals surface area contributed by atoms with Gasteiger partial charge < -0.3 is 15.0 Å². The molecule has 0 radical (unpaired) electrons. The van der Waals surface area contributed by atoms with Gasteiger partial charge in [0.25, 0.3) is 0 Å². The van der Waals surface area contributed by atoms with Crippen molar-refractivity contribution in [3.63, 3.8) is 0 Å². The number of aromatic nitrogens is 4. The highest BCUT2D eigenvalue weighted by Crippen LogP contribution is 2.41. The molecule has 178 valence electrons. The van der Waals surface area contributed by atoms with Gasteiger partial charge in [-0.3, -0.25) is 15.1 Å². The van der Waals surface area contributed by atoms with Gasteiger partial charge in [-0.1, -0.05) is 0 Å². The Labute approximate surface area is 195 Å². The smallest absolute Gasteiger partial charge is 0.417 e. The minimum Gasteiger partial charge on any atom is -0.453 e. The van der Waals surface area contributed by atoms with Gasteiger partial charge in [0, 0.05) is 24.8 Å². The Balaban J connectivity index is 1.64. The third-order valence-electron chi connectivity index (χ3n) is 5.27. The number of fused-ring (bicyclic) bond motifs is 1. The lowest BCUT2D eigenvalue weighted by Gasteiger charge is -2.16. The van der Waals surface area contributed by atoms with Crippen LogP contribution in [-0.4, -0.2) is 45.5 Å². The van der Waals surface area contributed by atoms with Crippen LogP contribution in [-0.2, 0) is 21.1 Å². The van der Waals surface area contributed by atoms with E-state index in [1.807, 2.05) is 13.8 Å². The summed E-state index contributed by atoms with van der Waals surface area (Å²) in [6, 6.07) is 2.47. The number of alkyl halides is 3. The summed E-state index contributed by atoms with van der Waals surface area (Å²) in [6.07, 6.45) is -3.42. The molecule has 1 aliphatic rings. The maximum Gasteiger partial charge on any atom is 0.417 e. The number of methoxy groups -OCH3 is 1. The van der Waals surface area contributed by atoms with Crippen LogP contribution in [0.25, 0.3) is 11.5 Å². The van der Waals surface area contributed by atoms with E-state index in [1.165, 1.54) is 0 Å². The summed E-state index contributed by atoms with van der Waals surface area (Å²) < 4.78 is 47.9. The molecule has 4 heterocycles. The van der Waals surface area contributed by atoms with Gasteiger partial charge in [0.1, 0.15) is 5.69 Å². The number of amides is 2. The van der Waals surface area contributed by atoms with E-state index in [2.05, 4.69) is 34.7 Å². The number of nitrogens with one attached hydrogen (secondary N) is 2. The molecule has 4 rings (SSSR count). The number of likely N-dealkylation sites (N-methyl/N-ethyl adjacent to an activating group) is 1. The van der Waals surface area contributed by atoms with Crippen LogP contribution in [0.5, 0.6) is 0 Å². The number of hydrogen-bond donors (Lipinski definition) is 2. The zero-order valence-electron chi connectivity index (χ0n) is 18.3. The fourth-order valence-corrected chi connectivity index (χ4v) is 4.01. The molecular weight excluding hydrogens is 475 g/mol. The molecule has 3 aromatic rings. The summed E-state index contributed by atoms with van der Waals surface area (Å²) in [5.41, 5.74) is -0.142. The van der Waals surface area contributed by atoms with Gasteiger partial charge in [0.05, 0.1) is 35.7 Å². The third kappa shape index (κ3) is 4.11. The summed E-state index contributed by atoms with van der Waals surface area (Å²) in [7, 11) is 2.76. The van der Waals surface area contributed by atoms with Gasteiger partial charge in [0.2, 0.25) is 11.0 Å². The number of nitrogens with zero attached hydrogens (tertiary/aromatic N) is 5. The van der Waals surface area contributed by atoms with E-state index in [0.29, 0.717) is 17.6 Å². The highest BCUT2D eigenvalue weighted by atomic mass is 32.1. The summed E-state index contributed by atoms with van der Waals surface area (Å²) >= 11 is 0.921. The van der Waals surface area contributed by atoms with Crippen LogP contribution in [0, 0.1) is 0 Å². The zero-order chi connectivity index (χ0) is 24.8. The van der Waals surface area contributed by atoms with E-state index in [-0.39, 0.29) is 28.4 Å². The second kappa shape index (κ2) is 8.20. The maximum atomic E-state index is 13.1. The molecule has 0 saturated heterocycles. The molecule has 0 saturated carbocycles. The van der Waals surface area contributed by atoms with Gasteiger partial charge in [0.15, 0.2) is 11.6 Å². The lowest BCUT2D eigenvalue weighted by Crippen LogP contribution is -2.33. The molecule has 2 amide bonds. The SMILES string of the molecule is COC(=O)Nc1cc(C(F)(F)F)cnc1Nc1nc(-c2cc3c(cn2)N(C)C(=O)C3(C)C)ns1. The molecule has 0 fully saturated rings. The van der Waals surface area contributed by atoms with Crippen LogP contribution in [0.3, 0.4) is 0 Å². The molecule has 0 aromatic carbocycles. The molecule has 0 spiro atoms. The first-order chi connectivity index (χ1) is 15.9. The Kier molecular flexibility index (Phi) is 5.63. The average Bonchev–Trinajstić information content (AvgIpc) is 3.32. The van der Waals surface area contributed by atoms with E-state index >= 15 is 0 Å². The normalized spacial score (nSPS) is 14.7. The maximum absolute atomic E-state index is 13.1. The Hall–Kier alpha value is -3.81. The largest absolute Gasteiger partial charge is 0.453 e. The second-order valence-corrected chi connectivity index (χ2v) is 8.61.